The fourth-order valence-corrected chi connectivity index (χ4v) is 2.39. The van der Waals surface area contributed by atoms with Crippen molar-refractivity contribution in [2.24, 2.45) is 5.92 Å². The van der Waals surface area contributed by atoms with Gasteiger partial charge in [-0.25, -0.2) is 0 Å². The summed E-state index contributed by atoms with van der Waals surface area (Å²) in [6.45, 7) is 3.37. The molecule has 0 heterocycles. The lowest BCUT2D eigenvalue weighted by Gasteiger charge is -2.33. The number of nitrogens with one attached hydrogen (secondary N) is 1. The molecule has 0 bridgehead atoms. The van der Waals surface area contributed by atoms with Crippen LogP contribution in [0.25, 0.3) is 0 Å². The standard InChI is InChI=1S/C14H21NO/c1-11-9-13(10-11)15-8-7-12-5-3-4-6-14(12)16-2/h3-6,11,13,15H,7-10H2,1-2H3. The van der Waals surface area contributed by atoms with Gasteiger partial charge in [0.05, 0.1) is 7.11 Å². The molecule has 1 aliphatic rings. The first-order valence-electron chi connectivity index (χ1n) is 6.15. The van der Waals surface area contributed by atoms with Gasteiger partial charge in [-0.2, -0.15) is 0 Å². The molecule has 0 unspecified atom stereocenters. The first-order valence-corrected chi connectivity index (χ1v) is 6.15. The van der Waals surface area contributed by atoms with Gasteiger partial charge in [-0.05, 0) is 43.4 Å². The van der Waals surface area contributed by atoms with E-state index in [2.05, 4.69) is 24.4 Å². The summed E-state index contributed by atoms with van der Waals surface area (Å²) in [7, 11) is 1.74. The Bertz CT molecular complexity index is 331. The van der Waals surface area contributed by atoms with Crippen LogP contribution in [0.5, 0.6) is 5.75 Å². The molecule has 0 spiro atoms. The van der Waals surface area contributed by atoms with Crippen LogP contribution in [0.15, 0.2) is 24.3 Å². The average molecular weight is 219 g/mol. The Morgan fingerprint density at radius 2 is 2.06 bits per heavy atom. The molecule has 0 amide bonds. The van der Waals surface area contributed by atoms with Gasteiger partial charge < -0.3 is 10.1 Å². The summed E-state index contributed by atoms with van der Waals surface area (Å²) in [6.07, 6.45) is 3.73. The number of ether oxygens (including phenoxy) is 1. The average Bonchev–Trinajstić information content (AvgIpc) is 2.27. The van der Waals surface area contributed by atoms with E-state index in [1.165, 1.54) is 18.4 Å². The lowest BCUT2D eigenvalue weighted by atomic mass is 9.82. The predicted molar refractivity (Wildman–Crippen MR) is 66.9 cm³/mol. The lowest BCUT2D eigenvalue weighted by molar-refractivity contribution is 0.243. The zero-order chi connectivity index (χ0) is 11.4. The summed E-state index contributed by atoms with van der Waals surface area (Å²) in [5.41, 5.74) is 1.30. The van der Waals surface area contributed by atoms with Crippen LogP contribution < -0.4 is 10.1 Å². The zero-order valence-corrected chi connectivity index (χ0v) is 10.2. The minimum absolute atomic E-state index is 0.754. The number of hydrogen-bond acceptors (Lipinski definition) is 2. The molecule has 1 aromatic carbocycles. The van der Waals surface area contributed by atoms with Crippen molar-refractivity contribution in [2.75, 3.05) is 13.7 Å². The molecule has 1 aliphatic carbocycles. The van der Waals surface area contributed by atoms with E-state index in [1.807, 2.05) is 12.1 Å². The highest BCUT2D eigenvalue weighted by molar-refractivity contribution is 5.33. The van der Waals surface area contributed by atoms with Gasteiger partial charge in [0.15, 0.2) is 0 Å². The van der Waals surface area contributed by atoms with E-state index >= 15 is 0 Å². The summed E-state index contributed by atoms with van der Waals surface area (Å²) >= 11 is 0. The molecule has 0 atom stereocenters. The van der Waals surface area contributed by atoms with Crippen molar-refractivity contribution in [1.82, 2.24) is 5.32 Å². The Balaban J connectivity index is 1.76. The third-order valence-electron chi connectivity index (χ3n) is 3.39. The number of para-hydroxylation sites is 1. The van der Waals surface area contributed by atoms with Crippen molar-refractivity contribution < 1.29 is 4.74 Å². The van der Waals surface area contributed by atoms with Crippen LogP contribution >= 0.6 is 0 Å². The molecule has 0 radical (unpaired) electrons. The van der Waals surface area contributed by atoms with Crippen molar-refractivity contribution in [3.63, 3.8) is 0 Å². The topological polar surface area (TPSA) is 21.3 Å². The molecule has 2 heteroatoms. The molecule has 88 valence electrons. The van der Waals surface area contributed by atoms with Crippen LogP contribution in [0.4, 0.5) is 0 Å². The molecule has 1 saturated carbocycles. The van der Waals surface area contributed by atoms with Crippen LogP contribution in [-0.4, -0.2) is 19.7 Å². The van der Waals surface area contributed by atoms with Gasteiger partial charge in [0.2, 0.25) is 0 Å². The van der Waals surface area contributed by atoms with Gasteiger partial charge in [-0.15, -0.1) is 0 Å². The van der Waals surface area contributed by atoms with Crippen molar-refractivity contribution in [3.05, 3.63) is 29.8 Å². The lowest BCUT2D eigenvalue weighted by Crippen LogP contribution is -2.40. The summed E-state index contributed by atoms with van der Waals surface area (Å²) in [5.74, 6) is 1.93. The molecular weight excluding hydrogens is 198 g/mol. The van der Waals surface area contributed by atoms with Gasteiger partial charge in [0, 0.05) is 6.04 Å². The second-order valence-electron chi connectivity index (χ2n) is 4.79. The highest BCUT2D eigenvalue weighted by atomic mass is 16.5. The van der Waals surface area contributed by atoms with E-state index in [9.17, 15) is 0 Å². The van der Waals surface area contributed by atoms with Crippen LogP contribution in [0.2, 0.25) is 0 Å². The predicted octanol–water partition coefficient (Wildman–Crippen LogP) is 2.63. The number of hydrogen-bond donors (Lipinski definition) is 1. The van der Waals surface area contributed by atoms with Crippen LogP contribution in [0.1, 0.15) is 25.3 Å². The maximum absolute atomic E-state index is 5.33. The van der Waals surface area contributed by atoms with Crippen LogP contribution in [0, 0.1) is 5.92 Å². The third-order valence-corrected chi connectivity index (χ3v) is 3.39. The Labute approximate surface area is 98.0 Å². The quantitative estimate of drug-likeness (QED) is 0.822. The normalized spacial score (nSPS) is 23.9. The van der Waals surface area contributed by atoms with Crippen molar-refractivity contribution in [3.8, 4) is 5.75 Å². The molecule has 1 fully saturated rings. The number of benzene rings is 1. The number of rotatable bonds is 5. The van der Waals surface area contributed by atoms with Gasteiger partial charge in [-0.3, -0.25) is 0 Å². The van der Waals surface area contributed by atoms with Crippen molar-refractivity contribution in [1.29, 1.82) is 0 Å². The Kier molecular flexibility index (Phi) is 3.83. The molecular formula is C14H21NO. The highest BCUT2D eigenvalue weighted by Crippen LogP contribution is 2.26. The molecule has 1 aromatic rings. The van der Waals surface area contributed by atoms with Gasteiger partial charge >= 0.3 is 0 Å². The van der Waals surface area contributed by atoms with Gasteiger partial charge in [0.25, 0.3) is 0 Å². The molecule has 0 aromatic heterocycles. The monoisotopic (exact) mass is 219 g/mol. The van der Waals surface area contributed by atoms with E-state index in [4.69, 9.17) is 4.74 Å². The van der Waals surface area contributed by atoms with Gasteiger partial charge in [-0.1, -0.05) is 25.1 Å². The Morgan fingerprint density at radius 1 is 1.31 bits per heavy atom. The summed E-state index contributed by atoms with van der Waals surface area (Å²) in [6, 6.07) is 9.02. The smallest absolute Gasteiger partial charge is 0.122 e. The minimum atomic E-state index is 0.754. The highest BCUT2D eigenvalue weighted by Gasteiger charge is 2.24. The first kappa shape index (κ1) is 11.5. The van der Waals surface area contributed by atoms with Crippen molar-refractivity contribution >= 4 is 0 Å². The summed E-state index contributed by atoms with van der Waals surface area (Å²) in [4.78, 5) is 0. The van der Waals surface area contributed by atoms with E-state index in [0.29, 0.717) is 0 Å². The Hall–Kier alpha value is -1.02. The van der Waals surface area contributed by atoms with Crippen molar-refractivity contribution in [2.45, 2.75) is 32.2 Å². The third kappa shape index (κ3) is 2.76. The Morgan fingerprint density at radius 3 is 2.75 bits per heavy atom. The van der Waals surface area contributed by atoms with E-state index in [-0.39, 0.29) is 0 Å². The van der Waals surface area contributed by atoms with E-state index < -0.39 is 0 Å². The van der Waals surface area contributed by atoms with Crippen LogP contribution in [0.3, 0.4) is 0 Å². The summed E-state index contributed by atoms with van der Waals surface area (Å²) < 4.78 is 5.33. The zero-order valence-electron chi connectivity index (χ0n) is 10.2. The maximum atomic E-state index is 5.33. The fourth-order valence-electron chi connectivity index (χ4n) is 2.39. The second-order valence-corrected chi connectivity index (χ2v) is 4.79. The molecule has 2 nitrogen and oxygen atoms in total. The molecule has 2 rings (SSSR count). The fraction of sp³-hybridized carbons (Fsp3) is 0.571. The second kappa shape index (κ2) is 5.35. The minimum Gasteiger partial charge on any atom is -0.496 e. The van der Waals surface area contributed by atoms with Crippen LogP contribution in [-0.2, 0) is 6.42 Å². The van der Waals surface area contributed by atoms with E-state index in [1.54, 1.807) is 7.11 Å². The summed E-state index contributed by atoms with van der Waals surface area (Å²) in [5, 5.41) is 3.59. The largest absolute Gasteiger partial charge is 0.496 e. The van der Waals surface area contributed by atoms with Gasteiger partial charge in [0.1, 0.15) is 5.75 Å². The van der Waals surface area contributed by atoms with E-state index in [0.717, 1.165) is 30.7 Å². The molecule has 16 heavy (non-hydrogen) atoms. The first-order chi connectivity index (χ1) is 7.79. The SMILES string of the molecule is COc1ccccc1CCNC1CC(C)C1. The maximum Gasteiger partial charge on any atom is 0.122 e. The molecule has 1 N–H and O–H groups in total. The molecule has 0 aliphatic heterocycles. The number of methoxy groups -OCH3 is 1. The molecule has 0 saturated heterocycles.